The fourth-order valence-electron chi connectivity index (χ4n) is 12.3. The van der Waals surface area contributed by atoms with Crippen molar-refractivity contribution in [2.24, 2.45) is 0 Å². The second-order valence-corrected chi connectivity index (χ2v) is 25.9. The number of hydrogen-bond donors (Lipinski definition) is 0. The first-order valence-electron chi connectivity index (χ1n) is 25.3. The van der Waals surface area contributed by atoms with Gasteiger partial charge in [0, 0.05) is 43.8 Å². The summed E-state index contributed by atoms with van der Waals surface area (Å²) in [6.45, 7) is 35.2. The van der Waals surface area contributed by atoms with Gasteiger partial charge >= 0.3 is 0 Å². The van der Waals surface area contributed by atoms with Gasteiger partial charge in [0.2, 0.25) is 0 Å². The predicted molar refractivity (Wildman–Crippen MR) is 298 cm³/mol. The highest BCUT2D eigenvalue weighted by atomic mass is 16.3. The molecule has 344 valence electrons. The average molecular weight is 902 g/mol. The predicted octanol–water partition coefficient (Wildman–Crippen LogP) is 15.8. The van der Waals surface area contributed by atoms with Crippen molar-refractivity contribution < 1.29 is 4.42 Å². The lowest BCUT2D eigenvalue weighted by Gasteiger charge is -2.42. The summed E-state index contributed by atoms with van der Waals surface area (Å²) < 4.78 is 12.6. The lowest BCUT2D eigenvalue weighted by Crippen LogP contribution is -2.61. The molecule has 2 aliphatic rings. The average Bonchev–Trinajstić information content (AvgIpc) is 4.00. The van der Waals surface area contributed by atoms with Gasteiger partial charge in [-0.05, 0) is 132 Å². The Balaban J connectivity index is 1.34. The minimum Gasteiger partial charge on any atom is -0.454 e. The zero-order chi connectivity index (χ0) is 48.4. The standard InChI is InChI=1S/C64H64BN3O/c1-60(2,3)35-20-25-40(26-21-35)66-49-29-24-38(63(10,11)12)33-45(49)65-46-34-39(64(13,14)15)32-43-42-30-36(61(4,5)6)22-27-47(42)67(54(43)46)58-52-56-51(57(66)53(58)65)44-31-37(62(7,8)9)23-28-48(44)68(56)55-41-18-16-17-19-50(41)69-59(52)55/h16-34H,1-15H3. The van der Waals surface area contributed by atoms with E-state index in [0.29, 0.717) is 0 Å². The number of anilines is 3. The molecule has 0 amide bonds. The number of rotatable bonds is 1. The van der Waals surface area contributed by atoms with Gasteiger partial charge in [-0.25, -0.2) is 0 Å². The monoisotopic (exact) mass is 902 g/mol. The second-order valence-electron chi connectivity index (χ2n) is 25.9. The molecule has 0 saturated heterocycles. The molecule has 6 heterocycles. The molecule has 0 fully saturated rings. The minimum atomic E-state index is -0.0898. The van der Waals surface area contributed by atoms with Gasteiger partial charge in [-0.1, -0.05) is 158 Å². The Labute approximate surface area is 407 Å². The lowest BCUT2D eigenvalue weighted by molar-refractivity contribution is 0.590. The Hall–Kier alpha value is -6.46. The summed E-state index contributed by atoms with van der Waals surface area (Å²) in [4.78, 5) is 2.66. The maximum atomic E-state index is 7.30. The van der Waals surface area contributed by atoms with Crippen LogP contribution in [0.2, 0.25) is 0 Å². The highest BCUT2D eigenvalue weighted by molar-refractivity contribution is 7.01. The van der Waals surface area contributed by atoms with Gasteiger partial charge in [-0.15, -0.1) is 0 Å². The molecule has 0 bridgehead atoms. The molecular formula is C64H64BN3O. The van der Waals surface area contributed by atoms with Crippen LogP contribution in [0.25, 0.3) is 76.8 Å². The fraction of sp³-hybridized carbons (Fsp3) is 0.312. The topological polar surface area (TPSA) is 25.7 Å². The molecule has 0 saturated carbocycles. The summed E-state index contributed by atoms with van der Waals surface area (Å²) in [7, 11) is 0. The lowest BCUT2D eigenvalue weighted by atomic mass is 9.33. The number of fused-ring (bicyclic) bond motifs is 17. The smallest absolute Gasteiger partial charge is 0.252 e. The number of hydrogen-bond acceptors (Lipinski definition) is 2. The Morgan fingerprint density at radius 1 is 0.420 bits per heavy atom. The molecule has 0 aliphatic carbocycles. The summed E-state index contributed by atoms with van der Waals surface area (Å²) in [6, 6.07) is 45.4. The van der Waals surface area contributed by atoms with Gasteiger partial charge < -0.3 is 18.3 Å². The van der Waals surface area contributed by atoms with Crippen LogP contribution in [0.15, 0.2) is 120 Å². The van der Waals surface area contributed by atoms with Crippen LogP contribution < -0.4 is 21.3 Å². The van der Waals surface area contributed by atoms with E-state index < -0.39 is 0 Å². The van der Waals surface area contributed by atoms with Crippen LogP contribution in [0.5, 0.6) is 0 Å². The highest BCUT2D eigenvalue weighted by Crippen LogP contribution is 2.54. The van der Waals surface area contributed by atoms with E-state index in [1.807, 2.05) is 0 Å². The normalized spacial score (nSPS) is 14.5. The van der Waals surface area contributed by atoms with Crippen molar-refractivity contribution in [2.75, 3.05) is 4.90 Å². The zero-order valence-electron chi connectivity index (χ0n) is 43.3. The van der Waals surface area contributed by atoms with E-state index >= 15 is 0 Å². The molecule has 69 heavy (non-hydrogen) atoms. The quantitative estimate of drug-likeness (QED) is 0.153. The van der Waals surface area contributed by atoms with Crippen molar-refractivity contribution >= 4 is 111 Å². The Morgan fingerprint density at radius 2 is 0.971 bits per heavy atom. The molecule has 11 aromatic rings. The van der Waals surface area contributed by atoms with Crippen molar-refractivity contribution in [3.8, 4) is 5.69 Å². The minimum absolute atomic E-state index is 0.0132. The molecule has 4 aromatic heterocycles. The van der Waals surface area contributed by atoms with Crippen molar-refractivity contribution in [2.45, 2.75) is 131 Å². The summed E-state index contributed by atoms with van der Waals surface area (Å²) >= 11 is 0. The van der Waals surface area contributed by atoms with Crippen LogP contribution in [0, 0.1) is 0 Å². The number of furan rings is 1. The maximum Gasteiger partial charge on any atom is 0.252 e. The number of aromatic nitrogens is 2. The molecule has 0 atom stereocenters. The maximum absolute atomic E-state index is 7.30. The highest BCUT2D eigenvalue weighted by Gasteiger charge is 2.47. The van der Waals surface area contributed by atoms with Crippen LogP contribution in [0.1, 0.15) is 132 Å². The number of para-hydroxylation sites is 1. The van der Waals surface area contributed by atoms with E-state index in [0.717, 1.165) is 22.1 Å². The van der Waals surface area contributed by atoms with Gasteiger partial charge in [-0.2, -0.15) is 0 Å². The zero-order valence-corrected chi connectivity index (χ0v) is 43.3. The van der Waals surface area contributed by atoms with Crippen LogP contribution in [-0.4, -0.2) is 15.7 Å². The molecule has 5 heteroatoms. The van der Waals surface area contributed by atoms with Gasteiger partial charge in [-0.3, -0.25) is 0 Å². The first-order chi connectivity index (χ1) is 32.4. The molecule has 13 rings (SSSR count). The van der Waals surface area contributed by atoms with E-state index in [1.54, 1.807) is 0 Å². The molecule has 4 nitrogen and oxygen atoms in total. The summed E-state index contributed by atoms with van der Waals surface area (Å²) in [6.07, 6.45) is 0. The first-order valence-corrected chi connectivity index (χ1v) is 25.3. The van der Waals surface area contributed by atoms with E-state index in [1.165, 1.54) is 116 Å². The van der Waals surface area contributed by atoms with Gasteiger partial charge in [0.25, 0.3) is 6.71 Å². The van der Waals surface area contributed by atoms with Crippen molar-refractivity contribution in [1.82, 2.24) is 8.97 Å². The van der Waals surface area contributed by atoms with E-state index in [4.69, 9.17) is 4.42 Å². The third-order valence-electron chi connectivity index (χ3n) is 16.2. The molecule has 0 spiro atoms. The number of benzene rings is 7. The van der Waals surface area contributed by atoms with Crippen LogP contribution in [0.3, 0.4) is 0 Å². The molecule has 0 unspecified atom stereocenters. The Bertz CT molecular complexity index is 4020. The third kappa shape index (κ3) is 5.71. The molecule has 7 aromatic carbocycles. The molecule has 0 radical (unpaired) electrons. The van der Waals surface area contributed by atoms with Gasteiger partial charge in [0.15, 0.2) is 5.58 Å². The second kappa shape index (κ2) is 13.2. The van der Waals surface area contributed by atoms with Crippen LogP contribution >= 0.6 is 0 Å². The summed E-state index contributed by atoms with van der Waals surface area (Å²) in [5, 5.41) is 7.53. The Kier molecular flexibility index (Phi) is 8.18. The summed E-state index contributed by atoms with van der Waals surface area (Å²) in [5.41, 5.74) is 23.5. The van der Waals surface area contributed by atoms with E-state index in [9.17, 15) is 0 Å². The number of nitrogens with zero attached hydrogens (tertiary/aromatic N) is 3. The first kappa shape index (κ1) is 42.6. The van der Waals surface area contributed by atoms with Crippen molar-refractivity contribution in [1.29, 1.82) is 0 Å². The van der Waals surface area contributed by atoms with E-state index in [2.05, 4.69) is 233 Å². The molecule has 0 N–H and O–H groups in total. The van der Waals surface area contributed by atoms with Gasteiger partial charge in [0.1, 0.15) is 11.1 Å². The van der Waals surface area contributed by atoms with Crippen molar-refractivity contribution in [3.63, 3.8) is 0 Å². The fourth-order valence-corrected chi connectivity index (χ4v) is 12.3. The SMILES string of the molecule is CC(C)(C)c1ccc(N2c3ccc(C(C)(C)C)cc3B3c4c2c2c5cc(C(C)(C)C)ccc5n5c6c7ccccc7oc6c(c4-n4c6ccc(C(C)(C)C)cc6c6cc(C(C)(C)C)cc3c64)c25)cc1. The van der Waals surface area contributed by atoms with Gasteiger partial charge in [0.05, 0.1) is 33.3 Å². The van der Waals surface area contributed by atoms with Crippen molar-refractivity contribution in [3.05, 3.63) is 143 Å². The molecule has 2 aliphatic heterocycles. The largest absolute Gasteiger partial charge is 0.454 e. The molecular weight excluding hydrogens is 838 g/mol. The van der Waals surface area contributed by atoms with E-state index in [-0.39, 0.29) is 33.8 Å². The van der Waals surface area contributed by atoms with Crippen LogP contribution in [0.4, 0.5) is 17.1 Å². The Morgan fingerprint density at radius 3 is 1.62 bits per heavy atom. The summed E-state index contributed by atoms with van der Waals surface area (Å²) in [5.74, 6) is 0. The third-order valence-corrected chi connectivity index (χ3v) is 16.2. The van der Waals surface area contributed by atoms with Crippen LogP contribution in [-0.2, 0) is 27.1 Å².